The van der Waals surface area contributed by atoms with Gasteiger partial charge in [0.2, 0.25) is 0 Å². The molecule has 2 N–H and O–H groups in total. The standard InChI is InChI=1S/C14H18N2O3S/c1-20-11-5-3-10(4-6-11)16-13(17)12-7-2-9(8-15-12)14(18)19/h2,7-8,10-11H,3-6H2,1H3,(H,16,17)(H,18,19). The van der Waals surface area contributed by atoms with Crippen LogP contribution in [-0.2, 0) is 0 Å². The van der Waals surface area contributed by atoms with Crippen molar-refractivity contribution in [1.29, 1.82) is 0 Å². The van der Waals surface area contributed by atoms with Crippen molar-refractivity contribution in [3.05, 3.63) is 29.6 Å². The minimum atomic E-state index is -1.04. The number of carbonyl (C=O) groups excluding carboxylic acids is 1. The molecular weight excluding hydrogens is 276 g/mol. The van der Waals surface area contributed by atoms with E-state index in [9.17, 15) is 9.59 Å². The molecule has 0 radical (unpaired) electrons. The van der Waals surface area contributed by atoms with E-state index in [1.54, 1.807) is 0 Å². The number of nitrogens with zero attached hydrogens (tertiary/aromatic N) is 1. The van der Waals surface area contributed by atoms with Gasteiger partial charge in [-0.25, -0.2) is 4.79 Å². The third-order valence-corrected chi connectivity index (χ3v) is 4.72. The molecule has 1 amide bonds. The quantitative estimate of drug-likeness (QED) is 0.890. The summed E-state index contributed by atoms with van der Waals surface area (Å²) in [6.07, 6.45) is 7.56. The maximum absolute atomic E-state index is 12.0. The predicted molar refractivity (Wildman–Crippen MR) is 78.2 cm³/mol. The van der Waals surface area contributed by atoms with E-state index in [1.807, 2.05) is 11.8 Å². The van der Waals surface area contributed by atoms with Crippen LogP contribution in [0.15, 0.2) is 18.3 Å². The molecule has 0 atom stereocenters. The largest absolute Gasteiger partial charge is 0.478 e. The molecule has 1 aromatic heterocycles. The fourth-order valence-electron chi connectivity index (χ4n) is 2.36. The van der Waals surface area contributed by atoms with Gasteiger partial charge in [0.1, 0.15) is 5.69 Å². The molecule has 1 fully saturated rings. The SMILES string of the molecule is CSC1CCC(NC(=O)c2ccc(C(=O)O)cn2)CC1. The maximum atomic E-state index is 12.0. The molecule has 1 aliphatic rings. The highest BCUT2D eigenvalue weighted by molar-refractivity contribution is 7.99. The fourth-order valence-corrected chi connectivity index (χ4v) is 3.10. The first-order chi connectivity index (χ1) is 9.60. The van der Waals surface area contributed by atoms with Crippen LogP contribution < -0.4 is 5.32 Å². The Morgan fingerprint density at radius 3 is 2.50 bits per heavy atom. The van der Waals surface area contributed by atoms with E-state index >= 15 is 0 Å². The number of carboxylic acids is 1. The average molecular weight is 294 g/mol. The third kappa shape index (κ3) is 3.72. The minimum absolute atomic E-state index is 0.0852. The molecule has 1 saturated carbocycles. The van der Waals surface area contributed by atoms with Crippen LogP contribution in [0.4, 0.5) is 0 Å². The van der Waals surface area contributed by atoms with Gasteiger partial charge in [0, 0.05) is 17.5 Å². The number of hydrogen-bond donors (Lipinski definition) is 2. The van der Waals surface area contributed by atoms with Gasteiger partial charge in [0.25, 0.3) is 5.91 Å². The van der Waals surface area contributed by atoms with Crippen molar-refractivity contribution in [3.8, 4) is 0 Å². The average Bonchev–Trinajstić information content (AvgIpc) is 2.48. The van der Waals surface area contributed by atoms with Crippen molar-refractivity contribution in [2.75, 3.05) is 6.26 Å². The van der Waals surface area contributed by atoms with Crippen molar-refractivity contribution in [1.82, 2.24) is 10.3 Å². The minimum Gasteiger partial charge on any atom is -0.478 e. The van der Waals surface area contributed by atoms with E-state index in [1.165, 1.54) is 18.3 Å². The second kappa shape index (κ2) is 6.74. The first-order valence-corrected chi connectivity index (χ1v) is 7.92. The number of carboxylic acid groups (broad SMARTS) is 1. The van der Waals surface area contributed by atoms with Crippen LogP contribution in [0.1, 0.15) is 46.5 Å². The summed E-state index contributed by atoms with van der Waals surface area (Å²) in [5.41, 5.74) is 0.351. The monoisotopic (exact) mass is 294 g/mol. The lowest BCUT2D eigenvalue weighted by molar-refractivity contribution is 0.0695. The van der Waals surface area contributed by atoms with E-state index in [0.29, 0.717) is 5.25 Å². The Bertz CT molecular complexity index is 482. The number of nitrogens with one attached hydrogen (secondary N) is 1. The van der Waals surface area contributed by atoms with Gasteiger partial charge in [-0.3, -0.25) is 9.78 Å². The van der Waals surface area contributed by atoms with E-state index < -0.39 is 5.97 Å². The van der Waals surface area contributed by atoms with Crippen LogP contribution in [-0.4, -0.2) is 39.5 Å². The molecule has 5 nitrogen and oxygen atoms in total. The lowest BCUT2D eigenvalue weighted by Crippen LogP contribution is -2.38. The molecular formula is C14H18N2O3S. The summed E-state index contributed by atoms with van der Waals surface area (Å²) in [7, 11) is 0. The Morgan fingerprint density at radius 1 is 1.30 bits per heavy atom. The summed E-state index contributed by atoms with van der Waals surface area (Å²) in [5, 5.41) is 12.5. The van der Waals surface area contributed by atoms with Gasteiger partial charge in [-0.1, -0.05) is 0 Å². The number of rotatable bonds is 4. The number of amides is 1. The number of hydrogen-bond acceptors (Lipinski definition) is 4. The molecule has 0 saturated heterocycles. The van der Waals surface area contributed by atoms with Gasteiger partial charge in [0.15, 0.2) is 0 Å². The Kier molecular flexibility index (Phi) is 5.00. The van der Waals surface area contributed by atoms with Gasteiger partial charge >= 0.3 is 5.97 Å². The molecule has 0 aliphatic heterocycles. The van der Waals surface area contributed by atoms with Crippen LogP contribution in [0, 0.1) is 0 Å². The van der Waals surface area contributed by atoms with Crippen molar-refractivity contribution in [2.45, 2.75) is 37.0 Å². The zero-order valence-corrected chi connectivity index (χ0v) is 12.2. The highest BCUT2D eigenvalue weighted by Gasteiger charge is 2.22. The first-order valence-electron chi connectivity index (χ1n) is 6.63. The Hall–Kier alpha value is -1.56. The van der Waals surface area contributed by atoms with Crippen LogP contribution >= 0.6 is 11.8 Å². The second-order valence-corrected chi connectivity index (χ2v) is 6.06. The Labute approximate surface area is 122 Å². The first kappa shape index (κ1) is 14.8. The van der Waals surface area contributed by atoms with E-state index in [2.05, 4.69) is 16.6 Å². The molecule has 2 rings (SSSR count). The van der Waals surface area contributed by atoms with Crippen LogP contribution in [0.3, 0.4) is 0 Å². The second-order valence-electron chi connectivity index (χ2n) is 4.92. The molecule has 1 aliphatic carbocycles. The highest BCUT2D eigenvalue weighted by atomic mass is 32.2. The van der Waals surface area contributed by atoms with Crippen molar-refractivity contribution in [2.24, 2.45) is 0 Å². The summed E-state index contributed by atoms with van der Waals surface area (Å²) in [6, 6.07) is 3.05. The smallest absolute Gasteiger partial charge is 0.337 e. The Balaban J connectivity index is 1.90. The molecule has 0 spiro atoms. The van der Waals surface area contributed by atoms with Crippen molar-refractivity contribution in [3.63, 3.8) is 0 Å². The van der Waals surface area contributed by atoms with Gasteiger partial charge in [-0.15, -0.1) is 0 Å². The van der Waals surface area contributed by atoms with E-state index in [4.69, 9.17) is 5.11 Å². The molecule has 1 heterocycles. The summed E-state index contributed by atoms with van der Waals surface area (Å²) in [5.74, 6) is -1.27. The normalized spacial score (nSPS) is 22.2. The zero-order chi connectivity index (χ0) is 14.5. The summed E-state index contributed by atoms with van der Waals surface area (Å²) in [4.78, 5) is 26.6. The molecule has 1 aromatic rings. The fraction of sp³-hybridized carbons (Fsp3) is 0.500. The number of aromatic nitrogens is 1. The van der Waals surface area contributed by atoms with E-state index in [0.717, 1.165) is 25.7 Å². The predicted octanol–water partition coefficient (Wildman–Crippen LogP) is 2.18. The van der Waals surface area contributed by atoms with Crippen LogP contribution in [0.2, 0.25) is 0 Å². The van der Waals surface area contributed by atoms with Gasteiger partial charge < -0.3 is 10.4 Å². The molecule has 108 valence electrons. The topological polar surface area (TPSA) is 79.3 Å². The van der Waals surface area contributed by atoms with E-state index in [-0.39, 0.29) is 23.2 Å². The maximum Gasteiger partial charge on any atom is 0.337 e. The lowest BCUT2D eigenvalue weighted by atomic mass is 9.95. The van der Waals surface area contributed by atoms with Crippen LogP contribution in [0.25, 0.3) is 0 Å². The Morgan fingerprint density at radius 2 is 2.00 bits per heavy atom. The van der Waals surface area contributed by atoms with Gasteiger partial charge in [-0.2, -0.15) is 11.8 Å². The number of pyridine rings is 1. The van der Waals surface area contributed by atoms with Crippen molar-refractivity contribution < 1.29 is 14.7 Å². The van der Waals surface area contributed by atoms with Gasteiger partial charge in [-0.05, 0) is 44.1 Å². The summed E-state index contributed by atoms with van der Waals surface area (Å²) in [6.45, 7) is 0. The number of carbonyl (C=O) groups is 2. The molecule has 20 heavy (non-hydrogen) atoms. The van der Waals surface area contributed by atoms with Gasteiger partial charge in [0.05, 0.1) is 5.56 Å². The van der Waals surface area contributed by atoms with Crippen LogP contribution in [0.5, 0.6) is 0 Å². The number of aromatic carboxylic acids is 1. The third-order valence-electron chi connectivity index (χ3n) is 3.59. The summed E-state index contributed by atoms with van der Waals surface area (Å²) >= 11 is 1.89. The van der Waals surface area contributed by atoms with Crippen molar-refractivity contribution >= 4 is 23.6 Å². The highest BCUT2D eigenvalue weighted by Crippen LogP contribution is 2.26. The lowest BCUT2D eigenvalue weighted by Gasteiger charge is -2.27. The molecule has 6 heteroatoms. The summed E-state index contributed by atoms with van der Waals surface area (Å²) < 4.78 is 0. The zero-order valence-electron chi connectivity index (χ0n) is 11.3. The molecule has 0 unspecified atom stereocenters. The molecule has 0 aromatic carbocycles. The molecule has 0 bridgehead atoms. The number of thioether (sulfide) groups is 1.